The van der Waals surface area contributed by atoms with Gasteiger partial charge in [0.05, 0.1) is 6.34 Å². The van der Waals surface area contributed by atoms with Gasteiger partial charge in [-0.15, -0.1) is 0 Å². The maximum atomic E-state index is 12.8. The molecule has 5 N–H and O–H groups in total. The molecule has 1 aromatic carbocycles. The van der Waals surface area contributed by atoms with Crippen molar-refractivity contribution in [2.45, 2.75) is 25.4 Å². The summed E-state index contributed by atoms with van der Waals surface area (Å²) in [6, 6.07) is 4.39. The van der Waals surface area contributed by atoms with E-state index in [0.717, 1.165) is 15.7 Å². The van der Waals surface area contributed by atoms with Gasteiger partial charge in [0.25, 0.3) is 11.8 Å². The number of rotatable bonds is 4. The molecular weight excluding hydrogens is 388 g/mol. The van der Waals surface area contributed by atoms with Crippen molar-refractivity contribution in [3.8, 4) is 0 Å². The topological polar surface area (TPSA) is 125 Å². The fourth-order valence-corrected chi connectivity index (χ4v) is 3.27. The number of hydrogen-bond acceptors (Lipinski definition) is 5. The van der Waals surface area contributed by atoms with Crippen molar-refractivity contribution in [1.82, 2.24) is 15.3 Å². The first-order chi connectivity index (χ1) is 11.8. The Labute approximate surface area is 152 Å². The first-order valence-electron chi connectivity index (χ1n) is 7.53. The van der Waals surface area contributed by atoms with E-state index in [2.05, 4.69) is 41.5 Å². The van der Waals surface area contributed by atoms with E-state index in [4.69, 9.17) is 5.73 Å². The standard InChI is InChI=1S/C16H17BrN6O2/c1-8-3-4-10(17)5-11(8)16(14(18)25)12(20-7-21-16)13(24)23-15-19-6-9(2)22-15/h3-7,12H,1-2H3,(H2,18,25)(H,20,21)(H2,19,22,23,24). The van der Waals surface area contributed by atoms with E-state index >= 15 is 0 Å². The quantitative estimate of drug-likeness (QED) is 0.608. The number of anilines is 1. The molecule has 1 aliphatic heterocycles. The van der Waals surface area contributed by atoms with Gasteiger partial charge in [0.2, 0.25) is 5.95 Å². The number of aromatic amines is 1. The minimum atomic E-state index is -1.47. The third kappa shape index (κ3) is 2.91. The molecule has 2 amide bonds. The molecule has 0 saturated heterocycles. The molecule has 0 saturated carbocycles. The van der Waals surface area contributed by atoms with Crippen LogP contribution >= 0.6 is 15.9 Å². The molecule has 0 aliphatic carbocycles. The van der Waals surface area contributed by atoms with Crippen molar-refractivity contribution in [1.29, 1.82) is 0 Å². The van der Waals surface area contributed by atoms with Gasteiger partial charge in [-0.05, 0) is 37.1 Å². The number of carbonyl (C=O) groups is 2. The summed E-state index contributed by atoms with van der Waals surface area (Å²) in [6.07, 6.45) is 2.92. The smallest absolute Gasteiger partial charge is 0.254 e. The Bertz CT molecular complexity index is 877. The SMILES string of the molecule is Cc1cnc(NC(=O)C2N=CNC2(C(N)=O)c2cc(Br)ccc2C)[nH]1. The van der Waals surface area contributed by atoms with Gasteiger partial charge in [-0.3, -0.25) is 19.9 Å². The predicted octanol–water partition coefficient (Wildman–Crippen LogP) is 1.11. The second-order valence-electron chi connectivity index (χ2n) is 5.86. The Morgan fingerprint density at radius 2 is 2.12 bits per heavy atom. The molecule has 0 fully saturated rings. The molecule has 1 aliphatic rings. The van der Waals surface area contributed by atoms with E-state index in [0.29, 0.717) is 5.56 Å². The monoisotopic (exact) mass is 404 g/mol. The number of H-pyrrole nitrogens is 1. The fourth-order valence-electron chi connectivity index (χ4n) is 2.91. The number of benzene rings is 1. The Hall–Kier alpha value is -2.68. The minimum absolute atomic E-state index is 0.286. The molecule has 2 atom stereocenters. The number of nitrogens with zero attached hydrogens (tertiary/aromatic N) is 2. The molecule has 8 nitrogen and oxygen atoms in total. The van der Waals surface area contributed by atoms with E-state index in [-0.39, 0.29) is 5.95 Å². The summed E-state index contributed by atoms with van der Waals surface area (Å²) in [6.45, 7) is 3.66. The van der Waals surface area contributed by atoms with Crippen LogP contribution in [0, 0.1) is 13.8 Å². The third-order valence-corrected chi connectivity index (χ3v) is 4.63. The van der Waals surface area contributed by atoms with Crippen LogP contribution in [0.25, 0.3) is 0 Å². The van der Waals surface area contributed by atoms with Gasteiger partial charge in [-0.1, -0.05) is 22.0 Å². The lowest BCUT2D eigenvalue weighted by Crippen LogP contribution is -2.59. The highest BCUT2D eigenvalue weighted by molar-refractivity contribution is 9.10. The molecule has 25 heavy (non-hydrogen) atoms. The zero-order valence-corrected chi connectivity index (χ0v) is 15.2. The molecule has 0 bridgehead atoms. The molecular formula is C16H17BrN6O2. The molecule has 130 valence electrons. The van der Waals surface area contributed by atoms with Crippen molar-refractivity contribution < 1.29 is 9.59 Å². The average molecular weight is 405 g/mol. The largest absolute Gasteiger partial charge is 0.367 e. The van der Waals surface area contributed by atoms with Gasteiger partial charge in [0.15, 0.2) is 11.6 Å². The predicted molar refractivity (Wildman–Crippen MR) is 97.1 cm³/mol. The lowest BCUT2D eigenvalue weighted by molar-refractivity contribution is -0.129. The summed E-state index contributed by atoms with van der Waals surface area (Å²) in [5.74, 6) is -0.898. The number of carbonyl (C=O) groups excluding carboxylic acids is 2. The van der Waals surface area contributed by atoms with Gasteiger partial charge < -0.3 is 16.0 Å². The Morgan fingerprint density at radius 3 is 2.76 bits per heavy atom. The maximum absolute atomic E-state index is 12.8. The average Bonchev–Trinajstić information content (AvgIpc) is 3.16. The van der Waals surface area contributed by atoms with E-state index in [1.54, 1.807) is 12.3 Å². The lowest BCUT2D eigenvalue weighted by atomic mass is 9.80. The highest BCUT2D eigenvalue weighted by Gasteiger charge is 2.53. The van der Waals surface area contributed by atoms with Crippen LogP contribution in [-0.2, 0) is 15.1 Å². The molecule has 2 aromatic rings. The first-order valence-corrected chi connectivity index (χ1v) is 8.32. The van der Waals surface area contributed by atoms with E-state index < -0.39 is 23.4 Å². The number of amides is 2. The number of aromatic nitrogens is 2. The van der Waals surface area contributed by atoms with Gasteiger partial charge >= 0.3 is 0 Å². The Morgan fingerprint density at radius 1 is 1.36 bits per heavy atom. The van der Waals surface area contributed by atoms with Gasteiger partial charge in [0, 0.05) is 16.4 Å². The summed E-state index contributed by atoms with van der Waals surface area (Å²) >= 11 is 3.39. The van der Waals surface area contributed by atoms with Gasteiger partial charge in [-0.25, -0.2) is 4.98 Å². The second kappa shape index (κ2) is 6.32. The highest BCUT2D eigenvalue weighted by Crippen LogP contribution is 2.34. The second-order valence-corrected chi connectivity index (χ2v) is 6.78. The van der Waals surface area contributed by atoms with Crippen LogP contribution in [0.1, 0.15) is 16.8 Å². The molecule has 3 rings (SSSR count). The third-order valence-electron chi connectivity index (χ3n) is 4.13. The normalized spacial score (nSPS) is 21.8. The maximum Gasteiger partial charge on any atom is 0.254 e. The number of nitrogens with two attached hydrogens (primary N) is 1. The van der Waals surface area contributed by atoms with Crippen molar-refractivity contribution >= 4 is 40.0 Å². The highest BCUT2D eigenvalue weighted by atomic mass is 79.9. The van der Waals surface area contributed by atoms with E-state index in [9.17, 15) is 9.59 Å². The van der Waals surface area contributed by atoms with E-state index in [1.165, 1.54) is 6.34 Å². The number of imidazole rings is 1. The minimum Gasteiger partial charge on any atom is -0.367 e. The van der Waals surface area contributed by atoms with Crippen molar-refractivity contribution in [3.05, 3.63) is 45.7 Å². The molecule has 9 heteroatoms. The van der Waals surface area contributed by atoms with Crippen molar-refractivity contribution in [2.75, 3.05) is 5.32 Å². The summed E-state index contributed by atoms with van der Waals surface area (Å²) < 4.78 is 0.767. The van der Waals surface area contributed by atoms with Crippen LogP contribution in [0.15, 0.2) is 33.9 Å². The molecule has 1 aromatic heterocycles. The molecule has 0 spiro atoms. The summed E-state index contributed by atoms with van der Waals surface area (Å²) in [7, 11) is 0. The number of aryl methyl sites for hydroxylation is 2. The molecule has 2 unspecified atom stereocenters. The summed E-state index contributed by atoms with van der Waals surface area (Å²) in [5.41, 5.74) is 6.43. The number of hydrogen-bond donors (Lipinski definition) is 4. The van der Waals surface area contributed by atoms with Gasteiger partial charge in [-0.2, -0.15) is 0 Å². The lowest BCUT2D eigenvalue weighted by Gasteiger charge is -2.32. The Kier molecular flexibility index (Phi) is 4.34. The van der Waals surface area contributed by atoms with Crippen LogP contribution < -0.4 is 16.4 Å². The molecule has 2 heterocycles. The number of nitrogens with one attached hydrogen (secondary N) is 3. The van der Waals surface area contributed by atoms with Crippen molar-refractivity contribution in [2.24, 2.45) is 10.7 Å². The number of halogens is 1. The summed E-state index contributed by atoms with van der Waals surface area (Å²) in [5, 5.41) is 5.54. The zero-order valence-electron chi connectivity index (χ0n) is 13.6. The van der Waals surface area contributed by atoms with Crippen molar-refractivity contribution in [3.63, 3.8) is 0 Å². The number of aliphatic imine (C=N–C) groups is 1. The van der Waals surface area contributed by atoms with E-state index in [1.807, 2.05) is 26.0 Å². The molecule has 0 radical (unpaired) electrons. The first kappa shape index (κ1) is 17.2. The summed E-state index contributed by atoms with van der Waals surface area (Å²) in [4.78, 5) is 36.3. The Balaban J connectivity index is 2.02. The van der Waals surface area contributed by atoms with Crippen LogP contribution in [0.3, 0.4) is 0 Å². The zero-order chi connectivity index (χ0) is 18.2. The fraction of sp³-hybridized carbons (Fsp3) is 0.250. The van der Waals surface area contributed by atoms with Crippen LogP contribution in [0.2, 0.25) is 0 Å². The van der Waals surface area contributed by atoms with Crippen LogP contribution in [-0.4, -0.2) is 34.2 Å². The van der Waals surface area contributed by atoms with Gasteiger partial charge in [0.1, 0.15) is 0 Å². The van der Waals surface area contributed by atoms with Crippen LogP contribution in [0.4, 0.5) is 5.95 Å². The number of primary amides is 1. The van der Waals surface area contributed by atoms with Crippen LogP contribution in [0.5, 0.6) is 0 Å².